The lowest BCUT2D eigenvalue weighted by Crippen LogP contribution is -2.32. The number of carbonyl (C=O) groups excluding carboxylic acids is 2. The number of rotatable bonds is 4. The van der Waals surface area contributed by atoms with E-state index in [9.17, 15) is 14.4 Å². The minimum atomic E-state index is -0.501. The first-order chi connectivity index (χ1) is 12.4. The Hall–Kier alpha value is -2.80. The normalized spacial score (nSPS) is 13.2. The predicted molar refractivity (Wildman–Crippen MR) is 97.4 cm³/mol. The third-order valence-corrected chi connectivity index (χ3v) is 4.76. The molecule has 7 nitrogen and oxygen atoms in total. The largest absolute Gasteiger partial charge is 0.348 e. The maximum atomic E-state index is 12.5. The van der Waals surface area contributed by atoms with Crippen LogP contribution in [-0.2, 0) is 19.5 Å². The standard InChI is InChI=1S/C19H22N4O3/c1-10-17(14-4-5-20-7-13(14)8-21-10)9-22-18(25)16-6-15(12(3)24)11(2)23-19(16)26/h6,8,20H,4-5,7,9H2,1-3H3,(H,22,25)(H,23,26). The zero-order valence-corrected chi connectivity index (χ0v) is 15.2. The number of amides is 1. The molecule has 3 N–H and O–H groups in total. The van der Waals surface area contributed by atoms with Crippen molar-refractivity contribution in [2.24, 2.45) is 0 Å². The molecule has 0 bridgehead atoms. The van der Waals surface area contributed by atoms with E-state index in [0.717, 1.165) is 36.3 Å². The second-order valence-corrected chi connectivity index (χ2v) is 6.54. The summed E-state index contributed by atoms with van der Waals surface area (Å²) >= 11 is 0. The van der Waals surface area contributed by atoms with Crippen LogP contribution in [0.4, 0.5) is 0 Å². The number of H-pyrrole nitrogens is 1. The van der Waals surface area contributed by atoms with Gasteiger partial charge in [0.2, 0.25) is 0 Å². The average Bonchev–Trinajstić information content (AvgIpc) is 2.60. The van der Waals surface area contributed by atoms with Gasteiger partial charge in [0.25, 0.3) is 11.5 Å². The number of nitrogens with one attached hydrogen (secondary N) is 3. The Bertz CT molecular complexity index is 947. The number of hydrogen-bond acceptors (Lipinski definition) is 5. The molecule has 3 heterocycles. The summed E-state index contributed by atoms with van der Waals surface area (Å²) in [5.41, 5.74) is 4.45. The number of Topliss-reactive ketones (excluding diaryl/α,β-unsaturated/α-hetero) is 1. The van der Waals surface area contributed by atoms with Crippen molar-refractivity contribution in [1.29, 1.82) is 0 Å². The average molecular weight is 354 g/mol. The van der Waals surface area contributed by atoms with E-state index < -0.39 is 11.5 Å². The number of aryl methyl sites for hydroxylation is 2. The highest BCUT2D eigenvalue weighted by molar-refractivity contribution is 5.99. The van der Waals surface area contributed by atoms with Gasteiger partial charge in [0, 0.05) is 36.2 Å². The highest BCUT2D eigenvalue weighted by atomic mass is 16.2. The molecule has 1 aliphatic rings. The molecule has 3 rings (SSSR count). The molecule has 2 aromatic rings. The predicted octanol–water partition coefficient (Wildman–Crippen LogP) is 1.17. The van der Waals surface area contributed by atoms with Crippen molar-refractivity contribution in [1.82, 2.24) is 20.6 Å². The van der Waals surface area contributed by atoms with Crippen LogP contribution >= 0.6 is 0 Å². The first kappa shape index (κ1) is 18.0. The van der Waals surface area contributed by atoms with Crippen LogP contribution in [0.1, 0.15) is 55.7 Å². The zero-order valence-electron chi connectivity index (χ0n) is 15.2. The van der Waals surface area contributed by atoms with Gasteiger partial charge in [-0.2, -0.15) is 0 Å². The highest BCUT2D eigenvalue weighted by Gasteiger charge is 2.19. The summed E-state index contributed by atoms with van der Waals surface area (Å²) in [6.07, 6.45) is 2.75. The fraction of sp³-hybridized carbons (Fsp3) is 0.368. The smallest absolute Gasteiger partial charge is 0.261 e. The van der Waals surface area contributed by atoms with Gasteiger partial charge in [-0.15, -0.1) is 0 Å². The second-order valence-electron chi connectivity index (χ2n) is 6.54. The molecular weight excluding hydrogens is 332 g/mol. The molecular formula is C19H22N4O3. The van der Waals surface area contributed by atoms with Crippen LogP contribution in [0.5, 0.6) is 0 Å². The zero-order chi connectivity index (χ0) is 18.8. The lowest BCUT2D eigenvalue weighted by molar-refractivity contribution is 0.0949. The van der Waals surface area contributed by atoms with Gasteiger partial charge in [0.05, 0.1) is 0 Å². The number of fused-ring (bicyclic) bond motifs is 1. The molecule has 0 fully saturated rings. The van der Waals surface area contributed by atoms with Crippen molar-refractivity contribution in [2.45, 2.75) is 40.3 Å². The third kappa shape index (κ3) is 3.43. The van der Waals surface area contributed by atoms with Gasteiger partial charge < -0.3 is 15.6 Å². The number of carbonyl (C=O) groups is 2. The first-order valence-corrected chi connectivity index (χ1v) is 8.58. The van der Waals surface area contributed by atoms with E-state index in [2.05, 4.69) is 20.6 Å². The van der Waals surface area contributed by atoms with Gasteiger partial charge in [0.1, 0.15) is 5.56 Å². The Morgan fingerprint density at radius 3 is 2.77 bits per heavy atom. The summed E-state index contributed by atoms with van der Waals surface area (Å²) < 4.78 is 0. The number of nitrogens with zero attached hydrogens (tertiary/aromatic N) is 1. The minimum absolute atomic E-state index is 0.0575. The molecule has 0 unspecified atom stereocenters. The van der Waals surface area contributed by atoms with E-state index >= 15 is 0 Å². The van der Waals surface area contributed by atoms with E-state index in [4.69, 9.17) is 0 Å². The van der Waals surface area contributed by atoms with E-state index in [0.29, 0.717) is 17.8 Å². The highest BCUT2D eigenvalue weighted by Crippen LogP contribution is 2.20. The molecule has 0 saturated heterocycles. The van der Waals surface area contributed by atoms with Crippen LogP contribution < -0.4 is 16.2 Å². The molecule has 0 aromatic carbocycles. The minimum Gasteiger partial charge on any atom is -0.348 e. The summed E-state index contributed by atoms with van der Waals surface area (Å²) in [4.78, 5) is 43.3. The Labute approximate surface area is 151 Å². The SMILES string of the molecule is CC(=O)c1cc(C(=O)NCc2c(C)ncc3c2CCNC3)c(=O)[nH]c1C. The van der Waals surface area contributed by atoms with Crippen LogP contribution in [-0.4, -0.2) is 28.2 Å². The molecule has 0 aliphatic carbocycles. The van der Waals surface area contributed by atoms with Crippen molar-refractivity contribution in [2.75, 3.05) is 6.54 Å². The van der Waals surface area contributed by atoms with Gasteiger partial charge in [-0.3, -0.25) is 19.4 Å². The number of pyridine rings is 2. The number of ketones is 1. The van der Waals surface area contributed by atoms with Crippen molar-refractivity contribution in [3.8, 4) is 0 Å². The summed E-state index contributed by atoms with van der Waals surface area (Å²) in [5.74, 6) is -0.697. The van der Waals surface area contributed by atoms with Crippen molar-refractivity contribution >= 4 is 11.7 Å². The van der Waals surface area contributed by atoms with Crippen molar-refractivity contribution in [3.63, 3.8) is 0 Å². The lowest BCUT2D eigenvalue weighted by Gasteiger charge is -2.21. The Kier molecular flexibility index (Phi) is 4.99. The topological polar surface area (TPSA) is 104 Å². The van der Waals surface area contributed by atoms with Gasteiger partial charge in [0.15, 0.2) is 5.78 Å². The van der Waals surface area contributed by atoms with Crippen molar-refractivity contribution in [3.05, 3.63) is 61.8 Å². The molecule has 0 atom stereocenters. The second kappa shape index (κ2) is 7.21. The molecule has 1 amide bonds. The van der Waals surface area contributed by atoms with E-state index in [1.165, 1.54) is 18.6 Å². The van der Waals surface area contributed by atoms with Crippen LogP contribution in [0.25, 0.3) is 0 Å². The van der Waals surface area contributed by atoms with E-state index in [1.807, 2.05) is 13.1 Å². The van der Waals surface area contributed by atoms with E-state index in [-0.39, 0.29) is 11.3 Å². The van der Waals surface area contributed by atoms with Gasteiger partial charge >= 0.3 is 0 Å². The van der Waals surface area contributed by atoms with Crippen molar-refractivity contribution < 1.29 is 9.59 Å². The molecule has 0 radical (unpaired) electrons. The quantitative estimate of drug-likeness (QED) is 0.715. The molecule has 0 saturated carbocycles. The number of aromatic amines is 1. The lowest BCUT2D eigenvalue weighted by atomic mass is 9.96. The molecule has 7 heteroatoms. The summed E-state index contributed by atoms with van der Waals surface area (Å²) in [5, 5.41) is 6.11. The Morgan fingerprint density at radius 2 is 2.04 bits per heavy atom. The fourth-order valence-corrected chi connectivity index (χ4v) is 3.30. The maximum Gasteiger partial charge on any atom is 0.261 e. The Balaban J connectivity index is 1.86. The number of aromatic nitrogens is 2. The monoisotopic (exact) mass is 354 g/mol. The summed E-state index contributed by atoms with van der Waals surface area (Å²) in [6, 6.07) is 1.36. The molecule has 0 spiro atoms. The van der Waals surface area contributed by atoms with Crippen LogP contribution in [0.15, 0.2) is 17.1 Å². The van der Waals surface area contributed by atoms with E-state index in [1.54, 1.807) is 6.92 Å². The Morgan fingerprint density at radius 1 is 1.27 bits per heavy atom. The molecule has 1 aliphatic heterocycles. The summed E-state index contributed by atoms with van der Waals surface area (Å²) in [6.45, 7) is 6.90. The van der Waals surface area contributed by atoms with Crippen LogP contribution in [0.3, 0.4) is 0 Å². The first-order valence-electron chi connectivity index (χ1n) is 8.58. The van der Waals surface area contributed by atoms with Gasteiger partial charge in [-0.05, 0) is 56.5 Å². The molecule has 136 valence electrons. The third-order valence-electron chi connectivity index (χ3n) is 4.76. The number of hydrogen-bond donors (Lipinski definition) is 3. The maximum absolute atomic E-state index is 12.5. The molecule has 2 aromatic heterocycles. The van der Waals surface area contributed by atoms with Gasteiger partial charge in [-0.1, -0.05) is 0 Å². The fourth-order valence-electron chi connectivity index (χ4n) is 3.30. The van der Waals surface area contributed by atoms with Crippen LogP contribution in [0.2, 0.25) is 0 Å². The molecule has 26 heavy (non-hydrogen) atoms. The summed E-state index contributed by atoms with van der Waals surface area (Å²) in [7, 11) is 0. The van der Waals surface area contributed by atoms with Crippen LogP contribution in [0, 0.1) is 13.8 Å². The van der Waals surface area contributed by atoms with Gasteiger partial charge in [-0.25, -0.2) is 0 Å².